The van der Waals surface area contributed by atoms with Crippen LogP contribution in [0.2, 0.25) is 0 Å². The van der Waals surface area contributed by atoms with E-state index < -0.39 is 23.4 Å². The Labute approximate surface area is 182 Å². The fourth-order valence-electron chi connectivity index (χ4n) is 3.75. The Bertz CT molecular complexity index is 1350. The summed E-state index contributed by atoms with van der Waals surface area (Å²) >= 11 is 0. The van der Waals surface area contributed by atoms with Crippen LogP contribution in [0.15, 0.2) is 83.4 Å². The summed E-state index contributed by atoms with van der Waals surface area (Å²) in [6.07, 6.45) is 0. The fourth-order valence-corrected chi connectivity index (χ4v) is 3.75. The van der Waals surface area contributed by atoms with Gasteiger partial charge in [-0.05, 0) is 30.7 Å². The third-order valence-corrected chi connectivity index (χ3v) is 5.53. The van der Waals surface area contributed by atoms with Crippen molar-refractivity contribution in [2.75, 3.05) is 0 Å². The number of hydrogen-bond acceptors (Lipinski definition) is 5. The van der Waals surface area contributed by atoms with Gasteiger partial charge < -0.3 is 9.84 Å². The summed E-state index contributed by atoms with van der Waals surface area (Å²) in [5.41, 5.74) is 3.43. The van der Waals surface area contributed by atoms with Gasteiger partial charge in [0.2, 0.25) is 0 Å². The summed E-state index contributed by atoms with van der Waals surface area (Å²) in [7, 11) is 0. The van der Waals surface area contributed by atoms with Crippen LogP contribution in [-0.2, 0) is 10.3 Å². The van der Waals surface area contributed by atoms with Gasteiger partial charge in [0, 0.05) is 11.1 Å². The van der Waals surface area contributed by atoms with Gasteiger partial charge in [-0.1, -0.05) is 65.8 Å². The highest BCUT2D eigenvalue weighted by Gasteiger charge is 2.50. The molecule has 8 heteroatoms. The van der Waals surface area contributed by atoms with Crippen molar-refractivity contribution in [2.24, 2.45) is 0 Å². The number of nitrogens with zero attached hydrogens (tertiary/aromatic N) is 2. The number of benzene rings is 3. The maximum Gasteiger partial charge on any atom is 0.344 e. The third-order valence-electron chi connectivity index (χ3n) is 5.53. The molecule has 1 aromatic heterocycles. The van der Waals surface area contributed by atoms with E-state index in [-0.39, 0.29) is 5.56 Å². The summed E-state index contributed by atoms with van der Waals surface area (Å²) < 4.78 is 5.47. The number of imide groups is 1. The van der Waals surface area contributed by atoms with Crippen LogP contribution in [0.5, 0.6) is 0 Å². The molecule has 0 radical (unpaired) electrons. The standard InChI is InChI=1S/C24H18N4O4/c1-24(17-10-6-3-7-11-17)22(30)28(23(31)25-24)26-21(29)16-12-13-19-18(14-16)20(32-27-19)15-8-4-2-5-9-15/h2-14H,1H3,(H,25,31)(H,26,29). The van der Waals surface area contributed by atoms with Crippen molar-refractivity contribution in [3.63, 3.8) is 0 Å². The second-order valence-corrected chi connectivity index (χ2v) is 7.61. The number of nitrogens with one attached hydrogen (secondary N) is 2. The van der Waals surface area contributed by atoms with E-state index in [9.17, 15) is 14.4 Å². The number of hydrogen-bond donors (Lipinski definition) is 2. The van der Waals surface area contributed by atoms with E-state index >= 15 is 0 Å². The van der Waals surface area contributed by atoms with Crippen LogP contribution in [0, 0.1) is 0 Å². The van der Waals surface area contributed by atoms with E-state index in [1.807, 2.05) is 36.4 Å². The quantitative estimate of drug-likeness (QED) is 0.485. The predicted octanol–water partition coefficient (Wildman–Crippen LogP) is 3.61. The zero-order valence-electron chi connectivity index (χ0n) is 17.0. The predicted molar refractivity (Wildman–Crippen MR) is 116 cm³/mol. The molecule has 8 nitrogen and oxygen atoms in total. The Kier molecular flexibility index (Phi) is 4.48. The summed E-state index contributed by atoms with van der Waals surface area (Å²) in [4.78, 5) is 38.4. The molecule has 0 spiro atoms. The number of amides is 4. The van der Waals surface area contributed by atoms with Crippen LogP contribution in [0.4, 0.5) is 4.79 Å². The van der Waals surface area contributed by atoms with Crippen molar-refractivity contribution in [3.05, 3.63) is 90.0 Å². The van der Waals surface area contributed by atoms with Gasteiger partial charge in [0.15, 0.2) is 5.76 Å². The molecule has 4 aromatic rings. The number of rotatable bonds is 4. The zero-order chi connectivity index (χ0) is 22.3. The topological polar surface area (TPSA) is 105 Å². The SMILES string of the molecule is CC1(c2ccccc2)NC(=O)N(NC(=O)c2ccc3noc(-c4ccccc4)c3c2)C1=O. The highest BCUT2D eigenvalue weighted by molar-refractivity contribution is 6.10. The molecule has 1 fully saturated rings. The molecular weight excluding hydrogens is 408 g/mol. The average Bonchev–Trinajstić information content (AvgIpc) is 3.34. The van der Waals surface area contributed by atoms with E-state index in [0.29, 0.717) is 27.2 Å². The molecule has 1 aliphatic heterocycles. The Morgan fingerprint density at radius 1 is 1.00 bits per heavy atom. The lowest BCUT2D eigenvalue weighted by atomic mass is 9.92. The lowest BCUT2D eigenvalue weighted by molar-refractivity contribution is -0.132. The molecule has 2 N–H and O–H groups in total. The molecule has 0 aliphatic carbocycles. The molecule has 1 saturated heterocycles. The monoisotopic (exact) mass is 426 g/mol. The first-order valence-electron chi connectivity index (χ1n) is 9.95. The number of carbonyl (C=O) groups is 3. The van der Waals surface area contributed by atoms with Crippen LogP contribution in [0.3, 0.4) is 0 Å². The van der Waals surface area contributed by atoms with Crippen molar-refractivity contribution in [3.8, 4) is 11.3 Å². The van der Waals surface area contributed by atoms with Crippen LogP contribution in [0.25, 0.3) is 22.2 Å². The number of urea groups is 1. The van der Waals surface area contributed by atoms with Crippen molar-refractivity contribution < 1.29 is 18.9 Å². The second kappa shape index (κ2) is 7.35. The molecule has 3 aromatic carbocycles. The van der Waals surface area contributed by atoms with Crippen LogP contribution in [0.1, 0.15) is 22.8 Å². The Balaban J connectivity index is 1.43. The molecule has 5 rings (SSSR count). The van der Waals surface area contributed by atoms with Crippen molar-refractivity contribution >= 4 is 28.7 Å². The van der Waals surface area contributed by atoms with Gasteiger partial charge in [-0.25, -0.2) is 4.79 Å². The van der Waals surface area contributed by atoms with Gasteiger partial charge in [0.25, 0.3) is 11.8 Å². The highest BCUT2D eigenvalue weighted by Crippen LogP contribution is 2.30. The van der Waals surface area contributed by atoms with E-state index in [1.54, 1.807) is 49.4 Å². The molecule has 0 bridgehead atoms. The summed E-state index contributed by atoms with van der Waals surface area (Å²) in [6, 6.07) is 22.4. The van der Waals surface area contributed by atoms with Gasteiger partial charge in [-0.3, -0.25) is 15.0 Å². The Hall–Kier alpha value is -4.46. The third kappa shape index (κ3) is 3.09. The van der Waals surface area contributed by atoms with E-state index in [1.165, 1.54) is 0 Å². The van der Waals surface area contributed by atoms with Crippen LogP contribution in [-0.4, -0.2) is 28.0 Å². The molecule has 1 aliphatic rings. The van der Waals surface area contributed by atoms with Gasteiger partial charge in [0.05, 0.1) is 5.39 Å². The first-order chi connectivity index (χ1) is 15.5. The number of fused-ring (bicyclic) bond motifs is 1. The lowest BCUT2D eigenvalue weighted by Crippen LogP contribution is -2.47. The fraction of sp³-hybridized carbons (Fsp3) is 0.0833. The number of aromatic nitrogens is 1. The Morgan fingerprint density at radius 3 is 2.41 bits per heavy atom. The van der Waals surface area contributed by atoms with Crippen molar-refractivity contribution in [2.45, 2.75) is 12.5 Å². The Morgan fingerprint density at radius 2 is 1.69 bits per heavy atom. The number of hydrazine groups is 1. The summed E-state index contributed by atoms with van der Waals surface area (Å²) in [5.74, 6) is -0.645. The minimum absolute atomic E-state index is 0.256. The molecular formula is C24H18N4O4. The first-order valence-corrected chi connectivity index (χ1v) is 9.95. The lowest BCUT2D eigenvalue weighted by Gasteiger charge is -2.22. The minimum atomic E-state index is -1.27. The normalized spacial score (nSPS) is 18.1. The van der Waals surface area contributed by atoms with Crippen molar-refractivity contribution in [1.29, 1.82) is 0 Å². The minimum Gasteiger partial charge on any atom is -0.355 e. The highest BCUT2D eigenvalue weighted by atomic mass is 16.5. The largest absolute Gasteiger partial charge is 0.355 e. The molecule has 4 amide bonds. The molecule has 158 valence electrons. The summed E-state index contributed by atoms with van der Waals surface area (Å²) in [6.45, 7) is 1.60. The molecule has 2 heterocycles. The first kappa shape index (κ1) is 19.5. The average molecular weight is 426 g/mol. The zero-order valence-corrected chi connectivity index (χ0v) is 17.0. The maximum atomic E-state index is 13.0. The van der Waals surface area contributed by atoms with Gasteiger partial charge >= 0.3 is 6.03 Å². The smallest absolute Gasteiger partial charge is 0.344 e. The van der Waals surface area contributed by atoms with Crippen molar-refractivity contribution in [1.82, 2.24) is 20.9 Å². The second-order valence-electron chi connectivity index (χ2n) is 7.61. The van der Waals surface area contributed by atoms with Gasteiger partial charge in [-0.2, -0.15) is 5.01 Å². The molecule has 32 heavy (non-hydrogen) atoms. The van der Waals surface area contributed by atoms with Crippen LogP contribution >= 0.6 is 0 Å². The maximum absolute atomic E-state index is 13.0. The van der Waals surface area contributed by atoms with E-state index in [2.05, 4.69) is 15.9 Å². The van der Waals surface area contributed by atoms with Gasteiger partial charge in [0.1, 0.15) is 11.1 Å². The van der Waals surface area contributed by atoms with Crippen LogP contribution < -0.4 is 10.7 Å². The van der Waals surface area contributed by atoms with Gasteiger partial charge in [-0.15, -0.1) is 0 Å². The van der Waals surface area contributed by atoms with E-state index in [0.717, 1.165) is 5.56 Å². The number of carbonyl (C=O) groups excluding carboxylic acids is 3. The summed E-state index contributed by atoms with van der Waals surface area (Å²) in [5, 5.41) is 8.06. The molecule has 1 atom stereocenters. The molecule has 1 unspecified atom stereocenters. The van der Waals surface area contributed by atoms with E-state index in [4.69, 9.17) is 4.52 Å². The molecule has 0 saturated carbocycles.